The average Bonchev–Trinajstić information content (AvgIpc) is 3.35. The number of carbonyl (C=O) groups excluding carboxylic acids is 2. The average molecular weight is 508 g/mol. The highest BCUT2D eigenvalue weighted by molar-refractivity contribution is 7.93. The Labute approximate surface area is 199 Å². The zero-order valence-corrected chi connectivity index (χ0v) is 19.9. The molecule has 2 atom stereocenters. The van der Waals surface area contributed by atoms with Crippen LogP contribution in [0.2, 0.25) is 0 Å². The summed E-state index contributed by atoms with van der Waals surface area (Å²) in [7, 11) is -4.23. The molecule has 0 aliphatic carbocycles. The van der Waals surface area contributed by atoms with Crippen LogP contribution in [0.25, 0.3) is 5.52 Å². The fraction of sp³-hybridized carbons (Fsp3) is 0.348. The lowest BCUT2D eigenvalue weighted by molar-refractivity contribution is 0.100. The third-order valence-electron chi connectivity index (χ3n) is 6.05. The number of amides is 1. The number of rotatable bonds is 5. The van der Waals surface area contributed by atoms with Gasteiger partial charge in [-0.05, 0) is 39.0 Å². The molecule has 1 fully saturated rings. The number of hydrogen-bond donors (Lipinski definition) is 1. The minimum atomic E-state index is -4.23. The highest BCUT2D eigenvalue weighted by Crippen LogP contribution is 2.45. The highest BCUT2D eigenvalue weighted by atomic mass is 32.2. The normalized spacial score (nSPS) is 18.9. The summed E-state index contributed by atoms with van der Waals surface area (Å²) < 4.78 is 70.5. The maximum atomic E-state index is 14.8. The molecule has 12 heteroatoms. The van der Waals surface area contributed by atoms with E-state index in [-0.39, 0.29) is 28.8 Å². The van der Waals surface area contributed by atoms with Gasteiger partial charge in [-0.15, -0.1) is 0 Å². The quantitative estimate of drug-likeness (QED) is 0.568. The Kier molecular flexibility index (Phi) is 5.90. The van der Waals surface area contributed by atoms with Crippen molar-refractivity contribution in [1.29, 1.82) is 0 Å². The number of sulfone groups is 1. The molecule has 2 aromatic heterocycles. The van der Waals surface area contributed by atoms with Crippen molar-refractivity contribution in [3.8, 4) is 0 Å². The zero-order chi connectivity index (χ0) is 25.9. The molecule has 1 aliphatic rings. The Bertz CT molecular complexity index is 1460. The Balaban J connectivity index is 2.14. The minimum absolute atomic E-state index is 0.129. The topological polar surface area (TPSA) is 115 Å². The first-order valence-electron chi connectivity index (χ1n) is 10.6. The monoisotopic (exact) mass is 507 g/mol. The van der Waals surface area contributed by atoms with Gasteiger partial charge in [-0.3, -0.25) is 9.59 Å². The van der Waals surface area contributed by atoms with Crippen molar-refractivity contribution in [3.63, 3.8) is 0 Å². The lowest BCUT2D eigenvalue weighted by Gasteiger charge is -2.32. The summed E-state index contributed by atoms with van der Waals surface area (Å²) >= 11 is 0. The fourth-order valence-electron chi connectivity index (χ4n) is 4.33. The van der Waals surface area contributed by atoms with Gasteiger partial charge in [-0.1, -0.05) is 0 Å². The van der Waals surface area contributed by atoms with Crippen LogP contribution in [-0.2, 0) is 14.6 Å². The summed E-state index contributed by atoms with van der Waals surface area (Å²) in [6.45, 7) is 3.86. The summed E-state index contributed by atoms with van der Waals surface area (Å²) in [5.74, 6) is -2.72. The molecule has 185 valence electrons. The molecule has 1 aliphatic heterocycles. The Hall–Kier alpha value is -3.41. The number of anilines is 1. The van der Waals surface area contributed by atoms with E-state index < -0.39 is 61.3 Å². The van der Waals surface area contributed by atoms with Gasteiger partial charge < -0.3 is 10.6 Å². The Morgan fingerprint density at radius 2 is 1.94 bits per heavy atom. The molecule has 0 bridgehead atoms. The van der Waals surface area contributed by atoms with E-state index in [0.29, 0.717) is 0 Å². The Morgan fingerprint density at radius 1 is 1.26 bits per heavy atom. The first-order valence-corrected chi connectivity index (χ1v) is 12.1. The summed E-state index contributed by atoms with van der Waals surface area (Å²) in [5.41, 5.74) is 4.43. The van der Waals surface area contributed by atoms with E-state index in [9.17, 15) is 31.2 Å². The van der Waals surface area contributed by atoms with Crippen LogP contribution in [0.4, 0.5) is 18.9 Å². The van der Waals surface area contributed by atoms with Gasteiger partial charge in [0.1, 0.15) is 22.7 Å². The zero-order valence-electron chi connectivity index (χ0n) is 19.0. The number of fused-ring (bicyclic) bond motifs is 1. The van der Waals surface area contributed by atoms with Crippen LogP contribution in [0.3, 0.4) is 0 Å². The number of nitrogens with two attached hydrogens (primary N) is 1. The van der Waals surface area contributed by atoms with E-state index in [4.69, 9.17) is 5.73 Å². The predicted molar refractivity (Wildman–Crippen MR) is 121 cm³/mol. The number of alkyl halides is 1. The molecule has 1 saturated heterocycles. The molecule has 3 heterocycles. The van der Waals surface area contributed by atoms with Crippen molar-refractivity contribution in [1.82, 2.24) is 9.61 Å². The largest absolute Gasteiger partial charge is 0.365 e. The third kappa shape index (κ3) is 3.95. The number of carbonyl (C=O) groups is 1. The van der Waals surface area contributed by atoms with Crippen molar-refractivity contribution >= 4 is 33.2 Å². The van der Waals surface area contributed by atoms with Gasteiger partial charge in [-0.2, -0.15) is 5.10 Å². The number of benzene rings is 1. The lowest BCUT2D eigenvalue weighted by Crippen LogP contribution is -2.34. The molecule has 3 aromatic rings. The van der Waals surface area contributed by atoms with Crippen LogP contribution in [0, 0.1) is 11.6 Å². The number of pyridine rings is 1. The maximum Gasteiger partial charge on any atom is 0.253 e. The van der Waals surface area contributed by atoms with Crippen molar-refractivity contribution < 1.29 is 31.2 Å². The van der Waals surface area contributed by atoms with Crippen molar-refractivity contribution in [2.45, 2.75) is 49.0 Å². The molecular formula is C23H22F3N4O4S. The highest BCUT2D eigenvalue weighted by Gasteiger charge is 2.43. The van der Waals surface area contributed by atoms with Crippen LogP contribution in [0.1, 0.15) is 54.7 Å². The van der Waals surface area contributed by atoms with Crippen LogP contribution < -0.4 is 10.6 Å². The third-order valence-corrected chi connectivity index (χ3v) is 8.54. The van der Waals surface area contributed by atoms with E-state index in [0.717, 1.165) is 35.1 Å². The second kappa shape index (κ2) is 8.36. The number of aromatic nitrogens is 2. The molecule has 1 unspecified atom stereocenters. The van der Waals surface area contributed by atoms with Crippen LogP contribution >= 0.6 is 0 Å². The van der Waals surface area contributed by atoms with Gasteiger partial charge in [0.15, 0.2) is 9.84 Å². The molecule has 0 saturated carbocycles. The molecule has 8 nitrogen and oxygen atoms in total. The van der Waals surface area contributed by atoms with Gasteiger partial charge in [0.05, 0.1) is 39.3 Å². The summed E-state index contributed by atoms with van der Waals surface area (Å²) in [6.07, 6.45) is 1.94. The molecule has 1 amide bonds. The predicted octanol–water partition coefficient (Wildman–Crippen LogP) is 3.03. The fourth-order valence-corrected chi connectivity index (χ4v) is 5.71. The minimum Gasteiger partial charge on any atom is -0.365 e. The van der Waals surface area contributed by atoms with Crippen molar-refractivity contribution in [2.75, 3.05) is 11.4 Å². The number of halogens is 3. The van der Waals surface area contributed by atoms with E-state index in [1.54, 1.807) is 6.29 Å². The summed E-state index contributed by atoms with van der Waals surface area (Å²) in [4.78, 5) is 25.1. The van der Waals surface area contributed by atoms with Gasteiger partial charge in [-0.25, -0.2) is 26.1 Å². The van der Waals surface area contributed by atoms with Crippen molar-refractivity contribution in [2.24, 2.45) is 5.73 Å². The van der Waals surface area contributed by atoms with Gasteiger partial charge in [0.2, 0.25) is 6.29 Å². The Morgan fingerprint density at radius 3 is 2.54 bits per heavy atom. The molecule has 0 spiro atoms. The lowest BCUT2D eigenvalue weighted by atomic mass is 10.0. The molecule has 35 heavy (non-hydrogen) atoms. The van der Waals surface area contributed by atoms with Crippen molar-refractivity contribution in [3.05, 3.63) is 58.9 Å². The van der Waals surface area contributed by atoms with Gasteiger partial charge in [0, 0.05) is 24.7 Å². The van der Waals surface area contributed by atoms with Crippen LogP contribution in [0.5, 0.6) is 0 Å². The standard InChI is InChI=1S/C23H22F3N4O4S/c1-23(2,3)35(33,34)18-10-30-20(12(11-31)8-28-30)19(22(27)32)21(18)29-9-14(25)7-17(29)15-6-13(24)4-5-16(15)26/h4-6,8,10,14,17H,7,9H2,1-3H3,(H2,27,32)/t14?,17-/m1/s1. The molecule has 4 rings (SSSR count). The van der Waals surface area contributed by atoms with E-state index in [1.807, 2.05) is 0 Å². The van der Waals surface area contributed by atoms with E-state index >= 15 is 0 Å². The first kappa shape index (κ1) is 24.7. The number of hydrogen-bond acceptors (Lipinski definition) is 6. The van der Waals surface area contributed by atoms with Crippen LogP contribution in [0.15, 0.2) is 35.5 Å². The second-order valence-electron chi connectivity index (χ2n) is 9.32. The molecular weight excluding hydrogens is 485 g/mol. The van der Waals surface area contributed by atoms with E-state index in [2.05, 4.69) is 5.10 Å². The maximum absolute atomic E-state index is 14.8. The number of primary amides is 1. The summed E-state index contributed by atoms with van der Waals surface area (Å²) in [5, 5.41) is 3.95. The van der Waals surface area contributed by atoms with Crippen LogP contribution in [-0.4, -0.2) is 47.7 Å². The second-order valence-corrected chi connectivity index (χ2v) is 12.0. The van der Waals surface area contributed by atoms with Gasteiger partial charge in [0.25, 0.3) is 5.91 Å². The molecule has 1 aromatic carbocycles. The molecule has 1 radical (unpaired) electrons. The number of nitrogens with zero attached hydrogens (tertiary/aromatic N) is 3. The van der Waals surface area contributed by atoms with Gasteiger partial charge >= 0.3 is 0 Å². The molecule has 2 N–H and O–H groups in total. The SMILES string of the molecule is CC(C)(C)S(=O)(=O)c1cn2ncc([C]=O)c2c(C(N)=O)c1N1CC(F)C[C@@H]1c1cc(F)ccc1F. The van der Waals surface area contributed by atoms with E-state index in [1.165, 1.54) is 25.7 Å². The first-order chi connectivity index (χ1) is 16.3. The summed E-state index contributed by atoms with van der Waals surface area (Å²) in [6, 6.07) is 1.52. The smallest absolute Gasteiger partial charge is 0.253 e.